The van der Waals surface area contributed by atoms with E-state index in [0.29, 0.717) is 0 Å². The fourth-order valence-corrected chi connectivity index (χ4v) is 3.34. The van der Waals surface area contributed by atoms with E-state index in [1.54, 1.807) is 6.42 Å². The van der Waals surface area contributed by atoms with Crippen LogP contribution >= 0.6 is 0 Å². The van der Waals surface area contributed by atoms with Crippen molar-refractivity contribution in [2.24, 2.45) is 11.8 Å². The predicted octanol–water partition coefficient (Wildman–Crippen LogP) is 1.08. The minimum absolute atomic E-state index is 0.973. The van der Waals surface area contributed by atoms with Gasteiger partial charge in [-0.25, -0.2) is 0 Å². The van der Waals surface area contributed by atoms with Crippen molar-refractivity contribution in [1.29, 1.82) is 0 Å². The van der Waals surface area contributed by atoms with Crippen molar-refractivity contribution >= 4 is 0 Å². The van der Waals surface area contributed by atoms with E-state index >= 15 is 0 Å². The van der Waals surface area contributed by atoms with Gasteiger partial charge in [-0.15, -0.1) is 0 Å². The van der Waals surface area contributed by atoms with Crippen molar-refractivity contribution in [1.82, 2.24) is 10.2 Å². The van der Waals surface area contributed by atoms with Crippen molar-refractivity contribution in [3.05, 3.63) is 0 Å². The molecule has 1 aliphatic heterocycles. The van der Waals surface area contributed by atoms with Crippen LogP contribution in [0.2, 0.25) is 0 Å². The third-order valence-corrected chi connectivity index (χ3v) is 4.17. The van der Waals surface area contributed by atoms with Crippen LogP contribution in [0.1, 0.15) is 25.7 Å². The van der Waals surface area contributed by atoms with Gasteiger partial charge in [0, 0.05) is 32.2 Å². The Morgan fingerprint density at radius 1 is 1.08 bits per heavy atom. The van der Waals surface area contributed by atoms with Crippen LogP contribution in [-0.2, 0) is 0 Å². The first-order chi connectivity index (χ1) is 6.45. The first kappa shape index (κ1) is 8.25. The van der Waals surface area contributed by atoms with Crippen molar-refractivity contribution in [2.45, 2.75) is 31.7 Å². The lowest BCUT2D eigenvalue weighted by atomic mass is 9.94. The van der Waals surface area contributed by atoms with Gasteiger partial charge in [0.05, 0.1) is 0 Å². The molecule has 2 aliphatic carbocycles. The molecule has 1 saturated heterocycles. The second-order valence-electron chi connectivity index (χ2n) is 4.94. The van der Waals surface area contributed by atoms with E-state index in [9.17, 15) is 0 Å². The molecule has 3 unspecified atom stereocenters. The van der Waals surface area contributed by atoms with E-state index in [4.69, 9.17) is 0 Å². The van der Waals surface area contributed by atoms with E-state index in [-0.39, 0.29) is 0 Å². The van der Waals surface area contributed by atoms with Gasteiger partial charge in [0.25, 0.3) is 0 Å². The van der Waals surface area contributed by atoms with Crippen LogP contribution in [0.25, 0.3) is 0 Å². The molecule has 1 N–H and O–H groups in total. The molecule has 0 spiro atoms. The molecule has 0 aromatic carbocycles. The van der Waals surface area contributed by atoms with Crippen molar-refractivity contribution < 1.29 is 0 Å². The molecule has 3 fully saturated rings. The molecule has 0 bridgehead atoms. The highest BCUT2D eigenvalue weighted by Crippen LogP contribution is 2.51. The zero-order valence-electron chi connectivity index (χ0n) is 8.34. The number of fused-ring (bicyclic) bond motifs is 1. The topological polar surface area (TPSA) is 15.3 Å². The Balaban J connectivity index is 1.62. The Bertz CT molecular complexity index is 187. The number of hydrogen-bond donors (Lipinski definition) is 1. The second-order valence-corrected chi connectivity index (χ2v) is 4.94. The normalized spacial score (nSPS) is 45.7. The highest BCUT2D eigenvalue weighted by atomic mass is 15.2. The molecule has 0 radical (unpaired) electrons. The molecule has 3 aliphatic rings. The molecule has 2 saturated carbocycles. The summed E-state index contributed by atoms with van der Waals surface area (Å²) in [4.78, 5) is 2.75. The highest BCUT2D eigenvalue weighted by Gasteiger charge is 2.47. The largest absolute Gasteiger partial charge is 0.314 e. The molecular weight excluding hydrogens is 160 g/mol. The zero-order chi connectivity index (χ0) is 8.67. The molecule has 0 amide bonds. The monoisotopic (exact) mass is 180 g/mol. The van der Waals surface area contributed by atoms with Gasteiger partial charge in [0.1, 0.15) is 0 Å². The quantitative estimate of drug-likeness (QED) is 0.649. The number of hydrogen-bond acceptors (Lipinski definition) is 2. The molecule has 0 aromatic heterocycles. The Kier molecular flexibility index (Phi) is 2.06. The average Bonchev–Trinajstić information content (AvgIpc) is 2.97. The Morgan fingerprint density at radius 3 is 2.77 bits per heavy atom. The van der Waals surface area contributed by atoms with Gasteiger partial charge in [-0.2, -0.15) is 0 Å². The van der Waals surface area contributed by atoms with Crippen LogP contribution in [0.5, 0.6) is 0 Å². The molecule has 3 atom stereocenters. The van der Waals surface area contributed by atoms with Crippen LogP contribution < -0.4 is 5.32 Å². The summed E-state index contributed by atoms with van der Waals surface area (Å²) < 4.78 is 0. The zero-order valence-corrected chi connectivity index (χ0v) is 8.34. The smallest absolute Gasteiger partial charge is 0.0127 e. The maximum Gasteiger partial charge on any atom is 0.0127 e. The van der Waals surface area contributed by atoms with E-state index in [2.05, 4.69) is 10.2 Å². The van der Waals surface area contributed by atoms with Crippen molar-refractivity contribution in [3.8, 4) is 0 Å². The highest BCUT2D eigenvalue weighted by molar-refractivity contribution is 4.99. The Labute approximate surface area is 80.7 Å². The lowest BCUT2D eigenvalue weighted by Crippen LogP contribution is -2.49. The SMILES string of the molecule is C1CC2CC2C(N2CCNCC2)C1. The maximum atomic E-state index is 3.44. The number of nitrogens with one attached hydrogen (secondary N) is 1. The standard InChI is InChI=1S/C11H20N2/c1-2-9-8-10(9)11(3-1)13-6-4-12-5-7-13/h9-12H,1-8H2. The summed E-state index contributed by atoms with van der Waals surface area (Å²) in [6.45, 7) is 5.03. The van der Waals surface area contributed by atoms with Crippen LogP contribution in [0.3, 0.4) is 0 Å². The molecule has 1 heterocycles. The summed E-state index contributed by atoms with van der Waals surface area (Å²) in [5.74, 6) is 2.24. The number of rotatable bonds is 1. The summed E-state index contributed by atoms with van der Waals surface area (Å²) in [6.07, 6.45) is 6.07. The first-order valence-electron chi connectivity index (χ1n) is 5.90. The van der Waals surface area contributed by atoms with E-state index in [0.717, 1.165) is 17.9 Å². The summed E-state index contributed by atoms with van der Waals surface area (Å²) in [5.41, 5.74) is 0. The van der Waals surface area contributed by atoms with Crippen LogP contribution in [0.4, 0.5) is 0 Å². The maximum absolute atomic E-state index is 3.44. The molecule has 13 heavy (non-hydrogen) atoms. The lowest BCUT2D eigenvalue weighted by Gasteiger charge is -2.37. The van der Waals surface area contributed by atoms with Gasteiger partial charge in [-0.1, -0.05) is 12.8 Å². The van der Waals surface area contributed by atoms with Crippen molar-refractivity contribution in [2.75, 3.05) is 26.2 Å². The Morgan fingerprint density at radius 2 is 1.92 bits per heavy atom. The number of nitrogens with zero attached hydrogens (tertiary/aromatic N) is 1. The van der Waals surface area contributed by atoms with E-state index in [1.165, 1.54) is 45.4 Å². The fourth-order valence-electron chi connectivity index (χ4n) is 3.34. The van der Waals surface area contributed by atoms with Gasteiger partial charge in [0.15, 0.2) is 0 Å². The molecule has 0 aromatic rings. The molecule has 2 heteroatoms. The second kappa shape index (κ2) is 3.25. The van der Waals surface area contributed by atoms with Gasteiger partial charge < -0.3 is 5.32 Å². The third kappa shape index (κ3) is 1.50. The fraction of sp³-hybridized carbons (Fsp3) is 1.00. The average molecular weight is 180 g/mol. The summed E-state index contributed by atoms with van der Waals surface area (Å²) in [7, 11) is 0. The molecule has 2 nitrogen and oxygen atoms in total. The molecular formula is C11H20N2. The van der Waals surface area contributed by atoms with Gasteiger partial charge >= 0.3 is 0 Å². The molecule has 74 valence electrons. The van der Waals surface area contributed by atoms with Crippen molar-refractivity contribution in [3.63, 3.8) is 0 Å². The van der Waals surface area contributed by atoms with Gasteiger partial charge in [0.2, 0.25) is 0 Å². The lowest BCUT2D eigenvalue weighted by molar-refractivity contribution is 0.128. The Hall–Kier alpha value is -0.0800. The minimum Gasteiger partial charge on any atom is -0.314 e. The third-order valence-electron chi connectivity index (χ3n) is 4.17. The number of piperazine rings is 1. The summed E-state index contributed by atoms with van der Waals surface area (Å²) in [5, 5.41) is 3.44. The van der Waals surface area contributed by atoms with Gasteiger partial charge in [-0.05, 0) is 24.7 Å². The first-order valence-corrected chi connectivity index (χ1v) is 5.90. The van der Waals surface area contributed by atoms with Gasteiger partial charge in [-0.3, -0.25) is 4.90 Å². The predicted molar refractivity (Wildman–Crippen MR) is 53.7 cm³/mol. The summed E-state index contributed by atoms with van der Waals surface area (Å²) in [6, 6.07) is 0.973. The minimum atomic E-state index is 0.973. The van der Waals surface area contributed by atoms with Crippen LogP contribution in [-0.4, -0.2) is 37.1 Å². The van der Waals surface area contributed by atoms with Crippen LogP contribution in [0.15, 0.2) is 0 Å². The van der Waals surface area contributed by atoms with Crippen LogP contribution in [0, 0.1) is 11.8 Å². The summed E-state index contributed by atoms with van der Waals surface area (Å²) >= 11 is 0. The van der Waals surface area contributed by atoms with E-state index in [1.807, 2.05) is 0 Å². The van der Waals surface area contributed by atoms with E-state index < -0.39 is 0 Å². The molecule has 3 rings (SSSR count).